The van der Waals surface area contributed by atoms with E-state index in [1.54, 1.807) is 31.2 Å². The fraction of sp³-hybridized carbons (Fsp3) is 0.538. The lowest BCUT2D eigenvalue weighted by Gasteiger charge is -2.42. The number of aliphatic hydroxyl groups excluding tert-OH is 4. The molecule has 1 aliphatic heterocycles. The molecule has 1 heterocycles. The average molecular weight is 507 g/mol. The Bertz CT molecular complexity index is 1060. The van der Waals surface area contributed by atoms with Gasteiger partial charge in [-0.1, -0.05) is 6.07 Å². The molecule has 10 heteroatoms. The Hall–Kier alpha value is -2.60. The molecule has 8 atom stereocenters. The molecule has 0 saturated carbocycles. The minimum absolute atomic E-state index is 0.0263. The molecule has 2 aromatic rings. The van der Waals surface area contributed by atoms with E-state index in [0.717, 1.165) is 16.7 Å². The number of rotatable bonds is 7. The van der Waals surface area contributed by atoms with Gasteiger partial charge in [0.15, 0.2) is 29.3 Å². The minimum atomic E-state index is -1.46. The quantitative estimate of drug-likeness (QED) is 0.318. The van der Waals surface area contributed by atoms with Crippen LogP contribution in [0.15, 0.2) is 30.3 Å². The highest BCUT2D eigenvalue weighted by Crippen LogP contribution is 2.48. The molecular weight excluding hydrogens is 472 g/mol. The number of hydrogen-bond acceptors (Lipinski definition) is 10. The van der Waals surface area contributed by atoms with Crippen molar-refractivity contribution < 1.29 is 49.6 Å². The lowest BCUT2D eigenvalue weighted by molar-refractivity contribution is -0.296. The zero-order valence-electron chi connectivity index (χ0n) is 20.4. The molecule has 36 heavy (non-hydrogen) atoms. The van der Waals surface area contributed by atoms with E-state index in [2.05, 4.69) is 0 Å². The molecule has 6 N–H and O–H groups in total. The molecule has 0 bridgehead atoms. The van der Waals surface area contributed by atoms with E-state index in [4.69, 9.17) is 18.9 Å². The van der Waals surface area contributed by atoms with Gasteiger partial charge in [0.2, 0.25) is 0 Å². The largest absolute Gasteiger partial charge is 0.504 e. The number of benzene rings is 2. The second-order valence-corrected chi connectivity index (χ2v) is 9.46. The normalized spacial score (nSPS) is 32.1. The minimum Gasteiger partial charge on any atom is -0.504 e. The van der Waals surface area contributed by atoms with E-state index >= 15 is 0 Å². The molecule has 198 valence electrons. The Morgan fingerprint density at radius 1 is 0.917 bits per heavy atom. The third-order valence-corrected chi connectivity index (χ3v) is 7.35. The van der Waals surface area contributed by atoms with Gasteiger partial charge in [0.25, 0.3) is 0 Å². The Labute approximate surface area is 209 Å². The first-order chi connectivity index (χ1) is 17.2. The van der Waals surface area contributed by atoms with Gasteiger partial charge in [0.05, 0.1) is 26.9 Å². The van der Waals surface area contributed by atoms with Gasteiger partial charge in [-0.25, -0.2) is 0 Å². The van der Waals surface area contributed by atoms with Crippen molar-refractivity contribution in [1.29, 1.82) is 0 Å². The summed E-state index contributed by atoms with van der Waals surface area (Å²) in [6.07, 6.45) is -5.59. The summed E-state index contributed by atoms with van der Waals surface area (Å²) in [5.41, 5.74) is 2.45. The van der Waals surface area contributed by atoms with Crippen molar-refractivity contribution in [2.45, 2.75) is 50.0 Å². The van der Waals surface area contributed by atoms with Crippen LogP contribution in [0.2, 0.25) is 0 Å². The zero-order chi connectivity index (χ0) is 26.1. The van der Waals surface area contributed by atoms with E-state index in [1.807, 2.05) is 0 Å². The van der Waals surface area contributed by atoms with E-state index in [0.29, 0.717) is 12.2 Å². The number of methoxy groups -OCH3 is 2. The highest BCUT2D eigenvalue weighted by molar-refractivity contribution is 5.53. The molecule has 0 unspecified atom stereocenters. The van der Waals surface area contributed by atoms with Gasteiger partial charge < -0.3 is 49.6 Å². The van der Waals surface area contributed by atoms with Crippen molar-refractivity contribution in [2.24, 2.45) is 11.8 Å². The Morgan fingerprint density at radius 3 is 2.28 bits per heavy atom. The molecule has 0 aromatic heterocycles. The highest BCUT2D eigenvalue weighted by atomic mass is 16.7. The van der Waals surface area contributed by atoms with Crippen molar-refractivity contribution in [1.82, 2.24) is 0 Å². The third-order valence-electron chi connectivity index (χ3n) is 7.35. The van der Waals surface area contributed by atoms with Gasteiger partial charge >= 0.3 is 0 Å². The Morgan fingerprint density at radius 2 is 1.61 bits per heavy atom. The third kappa shape index (κ3) is 4.84. The highest BCUT2D eigenvalue weighted by Gasteiger charge is 2.44. The molecular formula is C26H34O10. The van der Waals surface area contributed by atoms with Crippen molar-refractivity contribution in [2.75, 3.05) is 27.4 Å². The molecule has 4 rings (SSSR count). The first-order valence-corrected chi connectivity index (χ1v) is 11.9. The van der Waals surface area contributed by atoms with Crippen LogP contribution in [0.5, 0.6) is 23.0 Å². The predicted molar refractivity (Wildman–Crippen MR) is 127 cm³/mol. The second kappa shape index (κ2) is 10.8. The van der Waals surface area contributed by atoms with Crippen molar-refractivity contribution in [3.05, 3.63) is 47.0 Å². The molecule has 10 nitrogen and oxygen atoms in total. The summed E-state index contributed by atoms with van der Waals surface area (Å²) >= 11 is 0. The summed E-state index contributed by atoms with van der Waals surface area (Å²) in [7, 11) is 2.92. The van der Waals surface area contributed by atoms with Crippen LogP contribution in [0.4, 0.5) is 0 Å². The molecule has 1 fully saturated rings. The summed E-state index contributed by atoms with van der Waals surface area (Å²) in [6, 6.07) is 8.35. The van der Waals surface area contributed by atoms with E-state index in [-0.39, 0.29) is 42.3 Å². The van der Waals surface area contributed by atoms with E-state index < -0.39 is 36.6 Å². The number of aromatic hydroxyl groups is 2. The standard InChI is InChI=1S/C26H34O10/c1-12-23(30)24(31)25(32)26(36-12)35-11-17-15(10-27)6-14-8-21(34-3)19(29)9-16(14)22(17)13-4-5-18(28)20(7-13)33-2/h4-5,7-9,12,15,17,22-32H,6,10-11H2,1-3H3/t12-,15-,17-,22+,23-,24+,25+,26+/m0/s1. The van der Waals surface area contributed by atoms with Crippen LogP contribution in [-0.2, 0) is 15.9 Å². The predicted octanol–water partition coefficient (Wildman–Crippen LogP) is 0.872. The first kappa shape index (κ1) is 26.5. The molecule has 2 aliphatic rings. The van der Waals surface area contributed by atoms with Crippen LogP contribution in [0.3, 0.4) is 0 Å². The maximum absolute atomic E-state index is 10.6. The summed E-state index contributed by atoms with van der Waals surface area (Å²) in [5.74, 6) is -0.486. The smallest absolute Gasteiger partial charge is 0.186 e. The summed E-state index contributed by atoms with van der Waals surface area (Å²) in [4.78, 5) is 0. The molecule has 1 saturated heterocycles. The fourth-order valence-corrected chi connectivity index (χ4v) is 5.30. The van der Waals surface area contributed by atoms with Crippen LogP contribution in [0, 0.1) is 11.8 Å². The van der Waals surface area contributed by atoms with Crippen LogP contribution in [0.25, 0.3) is 0 Å². The molecule has 0 spiro atoms. The van der Waals surface area contributed by atoms with Gasteiger partial charge in [0, 0.05) is 12.5 Å². The van der Waals surface area contributed by atoms with Crippen LogP contribution < -0.4 is 9.47 Å². The van der Waals surface area contributed by atoms with Crippen molar-refractivity contribution in [3.63, 3.8) is 0 Å². The number of phenols is 2. The number of fused-ring (bicyclic) bond motifs is 1. The topological polar surface area (TPSA) is 158 Å². The Kier molecular flexibility index (Phi) is 7.93. The van der Waals surface area contributed by atoms with Crippen LogP contribution in [0.1, 0.15) is 29.5 Å². The fourth-order valence-electron chi connectivity index (χ4n) is 5.30. The molecule has 1 aliphatic carbocycles. The number of phenolic OH excluding ortho intramolecular Hbond substituents is 2. The van der Waals surface area contributed by atoms with Gasteiger partial charge in [-0.05, 0) is 66.1 Å². The lowest BCUT2D eigenvalue weighted by Crippen LogP contribution is -2.57. The van der Waals surface area contributed by atoms with Gasteiger partial charge in [-0.15, -0.1) is 0 Å². The maximum atomic E-state index is 10.6. The SMILES string of the molecule is COc1cc([C@@H]2c3cc(O)c(OC)cc3C[C@@H](CO)[C@@H]2CO[C@@H]2O[C@@H](C)[C@H](O)[C@@H](O)[C@H]2O)ccc1O. The van der Waals surface area contributed by atoms with Gasteiger partial charge in [-0.2, -0.15) is 0 Å². The maximum Gasteiger partial charge on any atom is 0.186 e. The number of hydrogen-bond donors (Lipinski definition) is 6. The van der Waals surface area contributed by atoms with Gasteiger partial charge in [0.1, 0.15) is 18.3 Å². The van der Waals surface area contributed by atoms with Crippen LogP contribution >= 0.6 is 0 Å². The van der Waals surface area contributed by atoms with Crippen LogP contribution in [-0.4, -0.2) is 88.8 Å². The van der Waals surface area contributed by atoms with Gasteiger partial charge in [-0.3, -0.25) is 0 Å². The lowest BCUT2D eigenvalue weighted by atomic mass is 9.67. The molecule has 2 aromatic carbocycles. The number of ether oxygens (including phenoxy) is 4. The monoisotopic (exact) mass is 506 g/mol. The summed E-state index contributed by atoms with van der Waals surface area (Å²) in [6.45, 7) is 1.45. The van der Waals surface area contributed by atoms with E-state index in [9.17, 15) is 30.6 Å². The average Bonchev–Trinajstić information content (AvgIpc) is 2.88. The molecule has 0 amide bonds. The second-order valence-electron chi connectivity index (χ2n) is 9.46. The van der Waals surface area contributed by atoms with Crippen molar-refractivity contribution >= 4 is 0 Å². The van der Waals surface area contributed by atoms with E-state index in [1.165, 1.54) is 20.3 Å². The van der Waals surface area contributed by atoms with Crippen molar-refractivity contribution in [3.8, 4) is 23.0 Å². The summed E-state index contributed by atoms with van der Waals surface area (Å²) in [5, 5.41) is 61.6. The number of aliphatic hydroxyl groups is 4. The Balaban J connectivity index is 1.73. The zero-order valence-corrected chi connectivity index (χ0v) is 20.4. The first-order valence-electron chi connectivity index (χ1n) is 11.9. The molecule has 0 radical (unpaired) electrons. The summed E-state index contributed by atoms with van der Waals surface area (Å²) < 4.78 is 22.2.